The molecule has 2 aromatic rings. The number of carbonyl (C=O) groups excluding carboxylic acids is 2. The molecule has 6 aliphatic heterocycles. The van der Waals surface area contributed by atoms with Crippen molar-refractivity contribution in [3.8, 4) is 0 Å². The number of ether oxygens (including phenoxy) is 14. The molecule has 36 atom stereocenters. The smallest absolute Gasteiger partial charge is 0.410 e. The molecular weight excluding hydrogens is 1420 g/mol. The number of aliphatic hydroxyl groups is 13. The quantitative estimate of drug-likeness (QED) is 0.0352. The van der Waals surface area contributed by atoms with Crippen LogP contribution in [0, 0.1) is 53.3 Å². The molecule has 6 fully saturated rings. The third-order valence-corrected chi connectivity index (χ3v) is 23.0. The first kappa shape index (κ1) is 91.3. The van der Waals surface area contributed by atoms with Gasteiger partial charge in [0.25, 0.3) is 0 Å². The fourth-order valence-corrected chi connectivity index (χ4v) is 15.1. The highest BCUT2D eigenvalue weighted by molar-refractivity contribution is 5.67. The highest BCUT2D eigenvalue weighted by atomic mass is 16.8. The number of hydrogen-bond donors (Lipinski definition) is 14. The molecule has 15 N–H and O–H groups in total. The number of aliphatic hydroxyl groups excluding tert-OH is 13. The number of benzene rings is 2. The zero-order valence-corrected chi connectivity index (χ0v) is 64.8. The molecule has 0 aromatic heterocycles. The van der Waals surface area contributed by atoms with E-state index in [1.165, 1.54) is 6.92 Å². The maximum absolute atomic E-state index is 13.6. The van der Waals surface area contributed by atoms with E-state index in [9.17, 15) is 76.0 Å². The summed E-state index contributed by atoms with van der Waals surface area (Å²) in [4.78, 5) is 27.9. The van der Waals surface area contributed by atoms with Crippen molar-refractivity contribution in [1.82, 2.24) is 4.90 Å². The molecule has 12 unspecified atom stereocenters. The van der Waals surface area contributed by atoms with Crippen molar-refractivity contribution in [2.24, 2.45) is 59.0 Å². The summed E-state index contributed by atoms with van der Waals surface area (Å²) >= 11 is 0. The van der Waals surface area contributed by atoms with Crippen LogP contribution >= 0.6 is 0 Å². The van der Waals surface area contributed by atoms with Gasteiger partial charge in [-0.25, -0.2) is 4.79 Å². The standard InChI is InChI=1S/C53H83NO10.C24H45NO19/c1-14-32(4)44-35(7)38(10)47(50(60-44)57-29-23-28-54(30-42-24-19-17-20-25-42)53(56)58-31-43-26-21-18-22-27-43)63-52-49(40(12)37(9)46(62-52)34(6)16-3)64-51-48(59-41(13)55)39(11)36(8)45(61-51)33(5)15-2;25-2-1-3-39-23-20(14(36)12(34)18(41-23)8(30)5-27)44-24-21(15(37)13(35)19(42-24)9(31)6-28)43-22-16(38)10(32)11(33)17(40-22)7(29)4-26/h17-22,24-27,32-40,44-52H,14-16,23,28-31H2,1-13H3;7-24,26-38H,1-6,25H2/t32-,33-,34-,35+,36+,37+,38+,39+,40+,44?,45?,46?,47?,48?,49?,50+,51-,52-;7-,8-,9-,10+,11+,12+,13+,14+,15+,16?,17?,18?,19?,20?,21?,22-,23+,24-/m11/s1. The summed E-state index contributed by atoms with van der Waals surface area (Å²) in [7, 11) is 0. The van der Waals surface area contributed by atoms with Crippen LogP contribution < -0.4 is 5.73 Å². The molecule has 31 nitrogen and oxygen atoms in total. The molecule has 2 aromatic carbocycles. The Morgan fingerprint density at radius 3 is 1.25 bits per heavy atom. The van der Waals surface area contributed by atoms with E-state index in [1.807, 2.05) is 60.7 Å². The van der Waals surface area contributed by atoms with E-state index in [0.717, 1.165) is 30.4 Å². The molecule has 8 rings (SSSR count). The number of carbonyl (C=O) groups is 2. The van der Waals surface area contributed by atoms with Gasteiger partial charge in [-0.05, 0) is 77.9 Å². The second-order valence-corrected chi connectivity index (χ2v) is 30.5. The summed E-state index contributed by atoms with van der Waals surface area (Å²) in [5, 5.41) is 133. The van der Waals surface area contributed by atoms with Gasteiger partial charge in [-0.3, -0.25) is 4.79 Å². The average molecular weight is 1550 g/mol. The normalized spacial score (nSPS) is 39.1. The molecule has 6 heterocycles. The average Bonchev–Trinajstić information content (AvgIpc) is 0.769. The van der Waals surface area contributed by atoms with E-state index in [1.54, 1.807) is 4.90 Å². The summed E-state index contributed by atoms with van der Waals surface area (Å²) in [5.74, 6) is 1.02. The summed E-state index contributed by atoms with van der Waals surface area (Å²) in [6.45, 7) is 26.7. The Morgan fingerprint density at radius 1 is 0.444 bits per heavy atom. The van der Waals surface area contributed by atoms with Gasteiger partial charge in [0.1, 0.15) is 110 Å². The lowest BCUT2D eigenvalue weighted by Crippen LogP contribution is -2.68. The largest absolute Gasteiger partial charge is 0.457 e. The van der Waals surface area contributed by atoms with Crippen molar-refractivity contribution >= 4 is 12.1 Å². The number of amides is 1. The third-order valence-electron chi connectivity index (χ3n) is 23.0. The number of esters is 1. The first-order valence-electron chi connectivity index (χ1n) is 38.7. The zero-order valence-electron chi connectivity index (χ0n) is 64.8. The molecular formula is C77H128N2O29. The molecule has 0 spiro atoms. The lowest BCUT2D eigenvalue weighted by molar-refractivity contribution is -0.399. The number of hydrogen-bond acceptors (Lipinski definition) is 30. The summed E-state index contributed by atoms with van der Waals surface area (Å²) in [6.07, 6.45) is -34.1. The van der Waals surface area contributed by atoms with Gasteiger partial charge in [0.2, 0.25) is 0 Å². The highest BCUT2D eigenvalue weighted by Gasteiger charge is 2.58. The van der Waals surface area contributed by atoms with Crippen molar-refractivity contribution in [1.29, 1.82) is 0 Å². The van der Waals surface area contributed by atoms with Gasteiger partial charge in [0.05, 0.1) is 51.3 Å². The summed E-state index contributed by atoms with van der Waals surface area (Å²) < 4.78 is 87.3. The van der Waals surface area contributed by atoms with Gasteiger partial charge in [-0.15, -0.1) is 0 Å². The van der Waals surface area contributed by atoms with Crippen molar-refractivity contribution in [2.45, 2.75) is 301 Å². The van der Waals surface area contributed by atoms with E-state index in [0.29, 0.717) is 32.0 Å². The minimum atomic E-state index is -2.08. The van der Waals surface area contributed by atoms with Crippen molar-refractivity contribution in [3.05, 3.63) is 71.8 Å². The Balaban J connectivity index is 0.000000323. The Morgan fingerprint density at radius 2 is 0.796 bits per heavy atom. The monoisotopic (exact) mass is 1540 g/mol. The molecule has 31 heteroatoms. The predicted molar refractivity (Wildman–Crippen MR) is 385 cm³/mol. The topological polar surface area (TPSA) is 456 Å². The molecule has 0 saturated carbocycles. The van der Waals surface area contributed by atoms with Crippen LogP contribution in [0.2, 0.25) is 0 Å². The van der Waals surface area contributed by atoms with Gasteiger partial charge in [-0.2, -0.15) is 0 Å². The maximum atomic E-state index is 13.6. The van der Waals surface area contributed by atoms with Crippen LogP contribution in [0.25, 0.3) is 0 Å². The first-order valence-corrected chi connectivity index (χ1v) is 38.7. The Hall–Kier alpha value is -3.86. The molecule has 0 bridgehead atoms. The molecule has 620 valence electrons. The molecule has 1 amide bonds. The second-order valence-electron chi connectivity index (χ2n) is 30.5. The molecule has 6 saturated heterocycles. The number of rotatable bonds is 34. The molecule has 0 aliphatic carbocycles. The Kier molecular flexibility index (Phi) is 36.8. The second kappa shape index (κ2) is 43.6. The van der Waals surface area contributed by atoms with Crippen LogP contribution in [-0.4, -0.2) is 295 Å². The lowest BCUT2D eigenvalue weighted by Gasteiger charge is -2.52. The number of nitrogens with zero attached hydrogens (tertiary/aromatic N) is 1. The van der Waals surface area contributed by atoms with Crippen LogP contribution in [-0.2, 0) is 84.3 Å². The van der Waals surface area contributed by atoms with E-state index < -0.39 is 167 Å². The van der Waals surface area contributed by atoms with Gasteiger partial charge in [0, 0.05) is 25.9 Å². The number of nitrogens with two attached hydrogens (primary N) is 1. The van der Waals surface area contributed by atoms with Crippen molar-refractivity contribution < 1.29 is 142 Å². The maximum Gasteiger partial charge on any atom is 0.410 e. The van der Waals surface area contributed by atoms with Crippen LogP contribution in [0.4, 0.5) is 4.79 Å². The van der Waals surface area contributed by atoms with Gasteiger partial charge in [-0.1, -0.05) is 163 Å². The van der Waals surface area contributed by atoms with Gasteiger partial charge >= 0.3 is 12.1 Å². The summed E-state index contributed by atoms with van der Waals surface area (Å²) in [5.41, 5.74) is 7.44. The third kappa shape index (κ3) is 23.0. The van der Waals surface area contributed by atoms with Crippen molar-refractivity contribution in [3.63, 3.8) is 0 Å². The van der Waals surface area contributed by atoms with E-state index in [-0.39, 0.29) is 104 Å². The van der Waals surface area contributed by atoms with E-state index in [4.69, 9.17) is 72.0 Å². The van der Waals surface area contributed by atoms with Crippen LogP contribution in [0.5, 0.6) is 0 Å². The van der Waals surface area contributed by atoms with Crippen LogP contribution in [0.15, 0.2) is 60.7 Å². The van der Waals surface area contributed by atoms with Crippen LogP contribution in [0.3, 0.4) is 0 Å². The summed E-state index contributed by atoms with van der Waals surface area (Å²) in [6, 6.07) is 19.7. The molecule has 6 aliphatic rings. The lowest BCUT2D eigenvalue weighted by atomic mass is 9.77. The van der Waals surface area contributed by atoms with Crippen LogP contribution in [0.1, 0.15) is 133 Å². The zero-order chi connectivity index (χ0) is 79.5. The van der Waals surface area contributed by atoms with Gasteiger partial charge in [0.15, 0.2) is 43.8 Å². The molecule has 0 radical (unpaired) electrons. The highest BCUT2D eigenvalue weighted by Crippen LogP contribution is 2.46. The van der Waals surface area contributed by atoms with E-state index >= 15 is 0 Å². The molecule has 108 heavy (non-hydrogen) atoms. The fourth-order valence-electron chi connectivity index (χ4n) is 15.1. The Labute approximate surface area is 635 Å². The van der Waals surface area contributed by atoms with E-state index in [2.05, 4.69) is 83.1 Å². The minimum Gasteiger partial charge on any atom is -0.457 e. The Bertz CT molecular complexity index is 2890. The van der Waals surface area contributed by atoms with Crippen molar-refractivity contribution in [2.75, 3.05) is 46.1 Å². The first-order chi connectivity index (χ1) is 51.4. The minimum absolute atomic E-state index is 0.00309. The van der Waals surface area contributed by atoms with Gasteiger partial charge < -0.3 is 143 Å². The predicted octanol–water partition coefficient (Wildman–Crippen LogP) is 1.95. The fraction of sp³-hybridized carbons (Fsp3) is 0.818. The SMILES string of the molecule is CC[C@@H](C)C1O[C@H](OCCCN(Cc2ccccc2)C(=O)OCc2ccccc2)C(O[C@H]2OC([C@H](C)CC)[C@@H](C)[C@H](C)C2O[C@H]2OC([C@H](C)CC)[C@@H](C)[C@H](C)C2OC(C)=O)[C@@H](C)[C@@H]1C.NCCCO[C@H]1OC([C@H](O)CO)[C@@H](O)[C@H](O)C1O[C@H]1OC([C@H](O)CO)[C@@H](O)[C@H](O)C1O[C@H]1OC([C@H](O)CO)[C@@H](O)[C@H](O)C1O.